The summed E-state index contributed by atoms with van der Waals surface area (Å²) in [6.07, 6.45) is 3.56. The Hall–Kier alpha value is -2.56. The Bertz CT molecular complexity index is 876. The molecule has 1 aliphatic heterocycles. The molecule has 1 aromatic heterocycles. The summed E-state index contributed by atoms with van der Waals surface area (Å²) in [5, 5.41) is 6.30. The van der Waals surface area contributed by atoms with Crippen molar-refractivity contribution in [3.8, 4) is 0 Å². The van der Waals surface area contributed by atoms with Gasteiger partial charge in [0.05, 0.1) is 6.26 Å². The van der Waals surface area contributed by atoms with E-state index in [2.05, 4.69) is 27.4 Å². The fourth-order valence-corrected chi connectivity index (χ4v) is 3.45. The Morgan fingerprint density at radius 3 is 2.31 bits per heavy atom. The smallest absolute Gasteiger partial charge is 0.289 e. The van der Waals surface area contributed by atoms with Gasteiger partial charge in [-0.1, -0.05) is 25.5 Å². The molecule has 1 saturated heterocycles. The maximum Gasteiger partial charge on any atom is 0.289 e. The number of piperazine rings is 1. The van der Waals surface area contributed by atoms with Gasteiger partial charge in [-0.2, -0.15) is 0 Å². The summed E-state index contributed by atoms with van der Waals surface area (Å²) >= 11 is 0. The molecular formula is C23H32IN5O3. The molecule has 1 fully saturated rings. The number of nitrogens with zero attached hydrogens (tertiary/aromatic N) is 3. The first kappa shape index (κ1) is 25.7. The van der Waals surface area contributed by atoms with Gasteiger partial charge in [0.2, 0.25) is 0 Å². The van der Waals surface area contributed by atoms with Gasteiger partial charge in [-0.3, -0.25) is 14.6 Å². The lowest BCUT2D eigenvalue weighted by molar-refractivity contribution is 0.0657. The van der Waals surface area contributed by atoms with E-state index in [0.717, 1.165) is 24.4 Å². The monoisotopic (exact) mass is 553 g/mol. The topological polar surface area (TPSA) is 90.2 Å². The van der Waals surface area contributed by atoms with Crippen LogP contribution in [0.5, 0.6) is 0 Å². The van der Waals surface area contributed by atoms with E-state index in [0.29, 0.717) is 50.6 Å². The molecule has 2 aromatic rings. The highest BCUT2D eigenvalue weighted by molar-refractivity contribution is 14.0. The van der Waals surface area contributed by atoms with E-state index in [4.69, 9.17) is 4.42 Å². The summed E-state index contributed by atoms with van der Waals surface area (Å²) < 4.78 is 5.21. The van der Waals surface area contributed by atoms with Crippen LogP contribution in [0.3, 0.4) is 0 Å². The van der Waals surface area contributed by atoms with Gasteiger partial charge in [0.15, 0.2) is 11.7 Å². The highest BCUT2D eigenvalue weighted by Gasteiger charge is 2.25. The maximum atomic E-state index is 12.4. The van der Waals surface area contributed by atoms with Crippen molar-refractivity contribution in [1.82, 2.24) is 20.4 Å². The van der Waals surface area contributed by atoms with Crippen molar-refractivity contribution in [2.75, 3.05) is 39.8 Å². The summed E-state index contributed by atoms with van der Waals surface area (Å²) in [6.45, 7) is 6.03. The molecule has 0 saturated carbocycles. The normalized spacial score (nSPS) is 14.0. The molecule has 0 aliphatic carbocycles. The predicted molar refractivity (Wildman–Crippen MR) is 135 cm³/mol. The molecule has 32 heavy (non-hydrogen) atoms. The molecule has 0 bridgehead atoms. The van der Waals surface area contributed by atoms with Crippen LogP contribution < -0.4 is 10.6 Å². The Balaban J connectivity index is 0.00000363. The number of rotatable bonds is 7. The number of carbonyl (C=O) groups is 2. The number of aliphatic imine (C=N–C) groups is 1. The van der Waals surface area contributed by atoms with Crippen molar-refractivity contribution < 1.29 is 14.0 Å². The number of guanidine groups is 1. The third-order valence-corrected chi connectivity index (χ3v) is 5.29. The van der Waals surface area contributed by atoms with Gasteiger partial charge < -0.3 is 24.9 Å². The van der Waals surface area contributed by atoms with Crippen molar-refractivity contribution in [1.29, 1.82) is 0 Å². The van der Waals surface area contributed by atoms with Crippen LogP contribution in [0.25, 0.3) is 0 Å². The minimum atomic E-state index is -0.0774. The first-order chi connectivity index (χ1) is 15.1. The van der Waals surface area contributed by atoms with Gasteiger partial charge in [-0.05, 0) is 36.2 Å². The number of hydrogen-bond donors (Lipinski definition) is 2. The Morgan fingerprint density at radius 1 is 1.03 bits per heavy atom. The molecule has 9 heteroatoms. The molecule has 2 amide bonds. The average molecular weight is 553 g/mol. The second-order valence-corrected chi connectivity index (χ2v) is 7.46. The number of benzene rings is 1. The summed E-state index contributed by atoms with van der Waals surface area (Å²) in [5.41, 5.74) is 1.74. The van der Waals surface area contributed by atoms with Crippen LogP contribution in [0.4, 0.5) is 0 Å². The first-order valence-corrected chi connectivity index (χ1v) is 10.8. The molecule has 174 valence electrons. The Labute approximate surface area is 206 Å². The van der Waals surface area contributed by atoms with Gasteiger partial charge in [0.25, 0.3) is 11.8 Å². The molecule has 0 unspecified atom stereocenters. The molecule has 0 atom stereocenters. The third-order valence-electron chi connectivity index (χ3n) is 5.29. The number of hydrogen-bond acceptors (Lipinski definition) is 4. The molecular weight excluding hydrogens is 521 g/mol. The molecule has 1 aliphatic rings. The fraction of sp³-hybridized carbons (Fsp3) is 0.435. The largest absolute Gasteiger partial charge is 0.459 e. The van der Waals surface area contributed by atoms with Gasteiger partial charge in [0.1, 0.15) is 0 Å². The van der Waals surface area contributed by atoms with Crippen molar-refractivity contribution in [3.63, 3.8) is 0 Å². The lowest BCUT2D eigenvalue weighted by Gasteiger charge is -2.36. The molecule has 2 N–H and O–H groups in total. The van der Waals surface area contributed by atoms with Crippen molar-refractivity contribution in [3.05, 3.63) is 59.5 Å². The van der Waals surface area contributed by atoms with Crippen LogP contribution in [-0.2, 0) is 6.54 Å². The Morgan fingerprint density at radius 2 is 1.72 bits per heavy atom. The van der Waals surface area contributed by atoms with E-state index < -0.39 is 0 Å². The molecule has 0 radical (unpaired) electrons. The van der Waals surface area contributed by atoms with E-state index in [1.54, 1.807) is 24.1 Å². The van der Waals surface area contributed by atoms with Crippen LogP contribution in [0.2, 0.25) is 0 Å². The maximum absolute atomic E-state index is 12.4. The van der Waals surface area contributed by atoms with Crippen molar-refractivity contribution >= 4 is 41.8 Å². The van der Waals surface area contributed by atoms with Gasteiger partial charge in [0, 0.05) is 51.9 Å². The summed E-state index contributed by atoms with van der Waals surface area (Å²) in [4.78, 5) is 32.8. The number of furan rings is 1. The highest BCUT2D eigenvalue weighted by Crippen LogP contribution is 2.10. The van der Waals surface area contributed by atoms with E-state index in [9.17, 15) is 9.59 Å². The zero-order chi connectivity index (χ0) is 22.1. The van der Waals surface area contributed by atoms with E-state index in [1.807, 2.05) is 24.3 Å². The highest BCUT2D eigenvalue weighted by atomic mass is 127. The predicted octanol–water partition coefficient (Wildman–Crippen LogP) is 2.96. The second kappa shape index (κ2) is 13.1. The number of halogens is 1. The third kappa shape index (κ3) is 6.98. The lowest BCUT2D eigenvalue weighted by atomic mass is 10.1. The fourth-order valence-electron chi connectivity index (χ4n) is 3.45. The zero-order valence-corrected chi connectivity index (χ0v) is 21.0. The van der Waals surface area contributed by atoms with Crippen LogP contribution in [0, 0.1) is 0 Å². The summed E-state index contributed by atoms with van der Waals surface area (Å²) in [5.74, 6) is 1.06. The molecule has 3 rings (SSSR count). The second-order valence-electron chi connectivity index (χ2n) is 7.46. The number of amides is 2. The average Bonchev–Trinajstić information content (AvgIpc) is 3.35. The SMILES string of the molecule is CCCCNC(=O)c1ccc(CNC(=NC)N2CCN(C(=O)c3ccco3)CC2)cc1.I. The van der Waals surface area contributed by atoms with Crippen LogP contribution in [0.15, 0.2) is 52.1 Å². The van der Waals surface area contributed by atoms with Crippen molar-refractivity contribution in [2.24, 2.45) is 4.99 Å². The number of carbonyl (C=O) groups excluding carboxylic acids is 2. The van der Waals surface area contributed by atoms with E-state index in [-0.39, 0.29) is 35.8 Å². The molecule has 1 aromatic carbocycles. The van der Waals surface area contributed by atoms with Gasteiger partial charge in [-0.25, -0.2) is 0 Å². The van der Waals surface area contributed by atoms with Crippen molar-refractivity contribution in [2.45, 2.75) is 26.3 Å². The minimum absolute atomic E-state index is 0. The minimum Gasteiger partial charge on any atom is -0.459 e. The summed E-state index contributed by atoms with van der Waals surface area (Å²) in [7, 11) is 1.76. The lowest BCUT2D eigenvalue weighted by Crippen LogP contribution is -2.53. The Kier molecular flexibility index (Phi) is 10.5. The molecule has 8 nitrogen and oxygen atoms in total. The quantitative estimate of drug-likeness (QED) is 0.238. The summed E-state index contributed by atoms with van der Waals surface area (Å²) in [6, 6.07) is 11.0. The van der Waals surface area contributed by atoms with Gasteiger partial charge in [-0.15, -0.1) is 24.0 Å². The zero-order valence-electron chi connectivity index (χ0n) is 18.7. The van der Waals surface area contributed by atoms with Crippen LogP contribution in [0.1, 0.15) is 46.2 Å². The van der Waals surface area contributed by atoms with Crippen LogP contribution >= 0.6 is 24.0 Å². The first-order valence-electron chi connectivity index (χ1n) is 10.8. The molecule has 2 heterocycles. The standard InChI is InChI=1S/C23H31N5O3.HI/c1-3-4-11-25-21(29)19-9-7-18(8-10-19)17-26-23(24-2)28-14-12-27(13-15-28)22(30)20-6-5-16-31-20;/h5-10,16H,3-4,11-15,17H2,1-2H3,(H,24,26)(H,25,29);1H. The van der Waals surface area contributed by atoms with Gasteiger partial charge >= 0.3 is 0 Å². The number of unbranched alkanes of at least 4 members (excludes halogenated alkanes) is 1. The van der Waals surface area contributed by atoms with Crippen LogP contribution in [-0.4, -0.2) is 67.3 Å². The number of nitrogens with one attached hydrogen (secondary N) is 2. The van der Waals surface area contributed by atoms with E-state index >= 15 is 0 Å². The molecule has 0 spiro atoms. The van der Waals surface area contributed by atoms with E-state index in [1.165, 1.54) is 6.26 Å².